The van der Waals surface area contributed by atoms with Crippen molar-refractivity contribution in [2.75, 3.05) is 13.1 Å². The molecule has 1 aromatic carbocycles. The van der Waals surface area contributed by atoms with Crippen molar-refractivity contribution in [2.45, 2.75) is 12.5 Å². The average molecular weight is 341 g/mol. The summed E-state index contributed by atoms with van der Waals surface area (Å²) in [4.78, 5) is 20.8. The molecule has 0 saturated carbocycles. The van der Waals surface area contributed by atoms with Crippen molar-refractivity contribution in [1.82, 2.24) is 14.9 Å². The highest BCUT2D eigenvalue weighted by Crippen LogP contribution is 2.21. The smallest absolute Gasteiger partial charge is 0.316 e. The van der Waals surface area contributed by atoms with E-state index in [0.29, 0.717) is 12.5 Å². The summed E-state index contributed by atoms with van der Waals surface area (Å²) in [5.41, 5.74) is -0.549. The molecule has 1 aliphatic rings. The molecule has 126 valence electrons. The molecule has 0 unspecified atom stereocenters. The van der Waals surface area contributed by atoms with Gasteiger partial charge >= 0.3 is 6.01 Å². The first kappa shape index (κ1) is 16.2. The number of ether oxygens (including phenoxy) is 1. The summed E-state index contributed by atoms with van der Waals surface area (Å²) >= 11 is 0. The van der Waals surface area contributed by atoms with Crippen molar-refractivity contribution in [2.24, 2.45) is 0 Å². The minimum atomic E-state index is -1.69. The highest BCUT2D eigenvalue weighted by molar-refractivity contribution is 5.94. The van der Waals surface area contributed by atoms with Crippen molar-refractivity contribution in [1.29, 1.82) is 0 Å². The van der Waals surface area contributed by atoms with E-state index in [1.54, 1.807) is 0 Å². The number of aromatic nitrogens is 2. The lowest BCUT2D eigenvalue weighted by Gasteiger charge is -2.17. The van der Waals surface area contributed by atoms with E-state index in [1.165, 1.54) is 4.90 Å². The van der Waals surface area contributed by atoms with Crippen LogP contribution in [0.2, 0.25) is 0 Å². The molecular weight excluding hydrogens is 330 g/mol. The Hall–Kier alpha value is -2.71. The Balaban J connectivity index is 1.68. The second-order valence-corrected chi connectivity index (χ2v) is 5.19. The van der Waals surface area contributed by atoms with Crippen molar-refractivity contribution >= 4 is 5.91 Å². The van der Waals surface area contributed by atoms with Gasteiger partial charge in [-0.1, -0.05) is 0 Å². The molecule has 5 nitrogen and oxygen atoms in total. The molecule has 24 heavy (non-hydrogen) atoms. The standard InChI is InChI=1S/C15H11F4N3O2/c16-8-5-20-15(21-6-8)24-9-3-4-22(7-9)14(23)10-1-2-11(17)13(19)12(10)18/h1-2,5-6,9H,3-4,7H2/t9-/m1/s1. The fourth-order valence-electron chi connectivity index (χ4n) is 2.38. The molecule has 9 heteroatoms. The third-order valence-corrected chi connectivity index (χ3v) is 3.57. The van der Waals surface area contributed by atoms with Gasteiger partial charge in [0.05, 0.1) is 24.5 Å². The number of carbonyl (C=O) groups excluding carboxylic acids is 1. The number of hydrogen-bond acceptors (Lipinski definition) is 4. The van der Waals surface area contributed by atoms with Crippen molar-refractivity contribution in [3.63, 3.8) is 0 Å². The molecule has 1 aromatic heterocycles. The van der Waals surface area contributed by atoms with Gasteiger partial charge in [-0.25, -0.2) is 27.5 Å². The molecule has 1 fully saturated rings. The van der Waals surface area contributed by atoms with Gasteiger partial charge in [0.15, 0.2) is 23.3 Å². The Labute approximate surface area is 133 Å². The van der Waals surface area contributed by atoms with Crippen LogP contribution in [0.5, 0.6) is 6.01 Å². The zero-order valence-corrected chi connectivity index (χ0v) is 12.2. The maximum Gasteiger partial charge on any atom is 0.316 e. The first-order chi connectivity index (χ1) is 11.5. The second kappa shape index (κ2) is 6.42. The molecule has 0 bridgehead atoms. The van der Waals surface area contributed by atoms with Crippen LogP contribution in [0.1, 0.15) is 16.8 Å². The van der Waals surface area contributed by atoms with Crippen molar-refractivity contribution in [3.8, 4) is 6.01 Å². The summed E-state index contributed by atoms with van der Waals surface area (Å²) in [5, 5.41) is 0. The Morgan fingerprint density at radius 1 is 1.12 bits per heavy atom. The second-order valence-electron chi connectivity index (χ2n) is 5.19. The van der Waals surface area contributed by atoms with Gasteiger partial charge in [-0.15, -0.1) is 0 Å². The molecule has 0 aliphatic carbocycles. The lowest BCUT2D eigenvalue weighted by Crippen LogP contribution is -2.32. The van der Waals surface area contributed by atoms with Gasteiger partial charge in [-0.05, 0) is 12.1 Å². The summed E-state index contributed by atoms with van der Waals surface area (Å²) in [5.74, 6) is -5.95. The quantitative estimate of drug-likeness (QED) is 0.635. The number of hydrogen-bond donors (Lipinski definition) is 0. The summed E-state index contributed by atoms with van der Waals surface area (Å²) in [6.45, 7) is 0.334. The van der Waals surface area contributed by atoms with E-state index in [9.17, 15) is 22.4 Å². The Morgan fingerprint density at radius 3 is 2.54 bits per heavy atom. The molecule has 1 aliphatic heterocycles. The first-order valence-electron chi connectivity index (χ1n) is 7.02. The number of amides is 1. The van der Waals surface area contributed by atoms with Crippen LogP contribution >= 0.6 is 0 Å². The van der Waals surface area contributed by atoms with Crippen LogP contribution in [-0.4, -0.2) is 40.0 Å². The number of likely N-dealkylation sites (tertiary alicyclic amines) is 1. The average Bonchev–Trinajstić information content (AvgIpc) is 3.03. The fraction of sp³-hybridized carbons (Fsp3) is 0.267. The van der Waals surface area contributed by atoms with Gasteiger partial charge < -0.3 is 9.64 Å². The maximum atomic E-state index is 13.7. The van der Waals surface area contributed by atoms with Gasteiger partial charge in [0.2, 0.25) is 0 Å². The van der Waals surface area contributed by atoms with Gasteiger partial charge in [0.25, 0.3) is 5.91 Å². The Kier molecular flexibility index (Phi) is 4.32. The molecule has 1 saturated heterocycles. The van der Waals surface area contributed by atoms with E-state index in [2.05, 4.69) is 9.97 Å². The molecule has 1 amide bonds. The zero-order chi connectivity index (χ0) is 17.3. The minimum absolute atomic E-state index is 0.0466. The lowest BCUT2D eigenvalue weighted by molar-refractivity contribution is 0.0763. The minimum Gasteiger partial charge on any atom is -0.458 e. The van der Waals surface area contributed by atoms with Gasteiger partial charge in [-0.2, -0.15) is 0 Å². The van der Waals surface area contributed by atoms with E-state index in [0.717, 1.165) is 18.5 Å². The van der Waals surface area contributed by atoms with Crippen LogP contribution in [0.15, 0.2) is 24.5 Å². The fourth-order valence-corrected chi connectivity index (χ4v) is 2.38. The molecule has 1 atom stereocenters. The van der Waals surface area contributed by atoms with E-state index < -0.39 is 40.8 Å². The largest absolute Gasteiger partial charge is 0.458 e. The van der Waals surface area contributed by atoms with E-state index in [1.807, 2.05) is 0 Å². The van der Waals surface area contributed by atoms with Gasteiger partial charge in [0, 0.05) is 13.0 Å². The number of halogens is 4. The molecular formula is C15H11F4N3O2. The van der Waals surface area contributed by atoms with Crippen LogP contribution < -0.4 is 4.74 Å². The van der Waals surface area contributed by atoms with Crippen LogP contribution in [0, 0.1) is 23.3 Å². The molecule has 2 aromatic rings. The topological polar surface area (TPSA) is 55.3 Å². The summed E-state index contributed by atoms with van der Waals surface area (Å²) in [6.07, 6.45) is 1.83. The van der Waals surface area contributed by atoms with Crippen LogP contribution in [0.4, 0.5) is 17.6 Å². The third kappa shape index (κ3) is 3.15. The predicted molar refractivity (Wildman–Crippen MR) is 73.2 cm³/mol. The molecule has 3 rings (SSSR count). The summed E-state index contributed by atoms with van der Waals surface area (Å²) in [7, 11) is 0. The van der Waals surface area contributed by atoms with Gasteiger partial charge in [-0.3, -0.25) is 4.79 Å². The van der Waals surface area contributed by atoms with Crippen LogP contribution in [0.25, 0.3) is 0 Å². The van der Waals surface area contributed by atoms with E-state index in [-0.39, 0.29) is 19.1 Å². The maximum absolute atomic E-state index is 13.7. The summed E-state index contributed by atoms with van der Waals surface area (Å²) in [6, 6.07) is 1.55. The highest BCUT2D eigenvalue weighted by atomic mass is 19.2. The predicted octanol–water partition coefficient (Wildman–Crippen LogP) is 2.33. The molecule has 0 spiro atoms. The van der Waals surface area contributed by atoms with Crippen LogP contribution in [-0.2, 0) is 0 Å². The molecule has 0 N–H and O–H groups in total. The number of nitrogens with zero attached hydrogens (tertiary/aromatic N) is 3. The molecule has 0 radical (unpaired) electrons. The Bertz CT molecular complexity index is 770. The zero-order valence-electron chi connectivity index (χ0n) is 12.2. The van der Waals surface area contributed by atoms with E-state index in [4.69, 9.17) is 4.74 Å². The first-order valence-corrected chi connectivity index (χ1v) is 7.02. The normalized spacial score (nSPS) is 17.2. The van der Waals surface area contributed by atoms with Crippen LogP contribution in [0.3, 0.4) is 0 Å². The van der Waals surface area contributed by atoms with Gasteiger partial charge in [0.1, 0.15) is 6.10 Å². The monoisotopic (exact) mass is 341 g/mol. The number of carbonyl (C=O) groups is 1. The number of rotatable bonds is 3. The third-order valence-electron chi connectivity index (χ3n) is 3.57. The van der Waals surface area contributed by atoms with Crippen molar-refractivity contribution < 1.29 is 27.1 Å². The Morgan fingerprint density at radius 2 is 1.83 bits per heavy atom. The SMILES string of the molecule is O=C(c1ccc(F)c(F)c1F)N1CC[C@@H](Oc2ncc(F)cn2)C1. The number of benzene rings is 1. The van der Waals surface area contributed by atoms with E-state index >= 15 is 0 Å². The highest BCUT2D eigenvalue weighted by Gasteiger charge is 2.31. The lowest BCUT2D eigenvalue weighted by atomic mass is 10.1. The molecule has 2 heterocycles. The van der Waals surface area contributed by atoms with Crippen molar-refractivity contribution in [3.05, 3.63) is 53.4 Å². The summed E-state index contributed by atoms with van der Waals surface area (Å²) < 4.78 is 58.0.